The molecule has 1 heterocycles. The number of benzene rings is 2. The average Bonchev–Trinajstić information content (AvgIpc) is 3.51. The van der Waals surface area contributed by atoms with E-state index in [1.165, 1.54) is 16.3 Å². The number of carbonyl (C=O) groups excluding carboxylic acids is 1. The summed E-state index contributed by atoms with van der Waals surface area (Å²) in [4.78, 5) is 14.2. The molecule has 1 aliphatic heterocycles. The molecular weight excluding hydrogens is 348 g/mol. The minimum absolute atomic E-state index is 0. The highest BCUT2D eigenvalue weighted by molar-refractivity contribution is 5.85. The van der Waals surface area contributed by atoms with Crippen molar-refractivity contribution in [1.82, 2.24) is 10.2 Å². The molecule has 1 aliphatic carbocycles. The van der Waals surface area contributed by atoms with E-state index in [4.69, 9.17) is 4.74 Å². The maximum atomic E-state index is 12.1. The van der Waals surface area contributed by atoms with E-state index >= 15 is 0 Å². The molecule has 1 amide bonds. The quantitative estimate of drug-likeness (QED) is 0.866. The van der Waals surface area contributed by atoms with Crippen molar-refractivity contribution in [3.05, 3.63) is 42.0 Å². The van der Waals surface area contributed by atoms with Gasteiger partial charge >= 0.3 is 0 Å². The Morgan fingerprint density at radius 2 is 1.77 bits per heavy atom. The molecule has 0 aromatic heterocycles. The molecular formula is C21H27ClN2O2. The number of ether oxygens (including phenoxy) is 1. The number of piperidine rings is 1. The van der Waals surface area contributed by atoms with E-state index in [0.29, 0.717) is 17.9 Å². The molecule has 0 radical (unpaired) electrons. The van der Waals surface area contributed by atoms with Crippen LogP contribution in [0.2, 0.25) is 0 Å². The van der Waals surface area contributed by atoms with Gasteiger partial charge < -0.3 is 15.0 Å². The minimum atomic E-state index is 0. The first kappa shape index (κ1) is 19.0. The Labute approximate surface area is 161 Å². The van der Waals surface area contributed by atoms with Crippen molar-refractivity contribution in [2.24, 2.45) is 5.92 Å². The van der Waals surface area contributed by atoms with Crippen molar-refractivity contribution in [1.29, 1.82) is 0 Å². The number of halogens is 1. The van der Waals surface area contributed by atoms with Gasteiger partial charge in [0.15, 0.2) is 0 Å². The van der Waals surface area contributed by atoms with Gasteiger partial charge in [0, 0.05) is 31.6 Å². The molecule has 26 heavy (non-hydrogen) atoms. The maximum Gasteiger partial charge on any atom is 0.225 e. The number of nitrogens with zero attached hydrogens (tertiary/aromatic N) is 1. The van der Waals surface area contributed by atoms with Gasteiger partial charge in [0.05, 0.1) is 7.11 Å². The van der Waals surface area contributed by atoms with Crippen molar-refractivity contribution in [3.63, 3.8) is 0 Å². The summed E-state index contributed by atoms with van der Waals surface area (Å²) in [5, 5.41) is 6.11. The topological polar surface area (TPSA) is 41.6 Å². The Balaban J connectivity index is 0.00000196. The second kappa shape index (κ2) is 8.28. The molecule has 2 fully saturated rings. The third-order valence-electron chi connectivity index (χ3n) is 5.44. The third kappa shape index (κ3) is 4.30. The Morgan fingerprint density at radius 3 is 2.46 bits per heavy atom. The summed E-state index contributed by atoms with van der Waals surface area (Å²) in [7, 11) is 1.70. The van der Waals surface area contributed by atoms with Crippen LogP contribution in [0.25, 0.3) is 10.8 Å². The number of rotatable bonds is 5. The van der Waals surface area contributed by atoms with Gasteiger partial charge in [0.25, 0.3) is 0 Å². The predicted octanol–water partition coefficient (Wildman–Crippen LogP) is 3.76. The number of hydrogen-bond donors (Lipinski definition) is 1. The molecule has 0 spiro atoms. The Morgan fingerprint density at radius 1 is 1.08 bits per heavy atom. The van der Waals surface area contributed by atoms with E-state index in [0.717, 1.165) is 51.1 Å². The lowest BCUT2D eigenvalue weighted by molar-refractivity contribution is -0.133. The largest absolute Gasteiger partial charge is 0.497 e. The van der Waals surface area contributed by atoms with Gasteiger partial charge in [-0.05, 0) is 60.2 Å². The Bertz CT molecular complexity index is 768. The molecule has 140 valence electrons. The first-order valence-corrected chi connectivity index (χ1v) is 9.32. The average molecular weight is 375 g/mol. The molecule has 4 rings (SSSR count). The molecule has 2 aromatic carbocycles. The van der Waals surface area contributed by atoms with Crippen LogP contribution in [0.1, 0.15) is 31.2 Å². The normalized spacial score (nSPS) is 17.8. The van der Waals surface area contributed by atoms with Crippen molar-refractivity contribution in [3.8, 4) is 5.75 Å². The summed E-state index contributed by atoms with van der Waals surface area (Å²) in [5.41, 5.74) is 1.30. The SMILES string of the molecule is COc1ccc2cc(CNC3CCN(C(=O)C4CC4)CC3)ccc2c1.Cl. The Hall–Kier alpha value is -1.78. The van der Waals surface area contributed by atoms with Gasteiger partial charge in [0.2, 0.25) is 5.91 Å². The highest BCUT2D eigenvalue weighted by Gasteiger charge is 2.34. The predicted molar refractivity (Wildman–Crippen MR) is 107 cm³/mol. The van der Waals surface area contributed by atoms with Gasteiger partial charge in [-0.1, -0.05) is 18.2 Å². The third-order valence-corrected chi connectivity index (χ3v) is 5.44. The smallest absolute Gasteiger partial charge is 0.225 e. The van der Waals surface area contributed by atoms with Gasteiger partial charge in [-0.2, -0.15) is 0 Å². The first-order chi connectivity index (χ1) is 12.2. The molecule has 1 saturated heterocycles. The van der Waals surface area contributed by atoms with Crippen molar-refractivity contribution < 1.29 is 9.53 Å². The number of hydrogen-bond acceptors (Lipinski definition) is 3. The summed E-state index contributed by atoms with van der Waals surface area (Å²) in [6, 6.07) is 13.3. The van der Waals surface area contributed by atoms with Gasteiger partial charge in [-0.15, -0.1) is 12.4 Å². The summed E-state index contributed by atoms with van der Waals surface area (Å²) < 4.78 is 5.28. The lowest BCUT2D eigenvalue weighted by Crippen LogP contribution is -2.45. The summed E-state index contributed by atoms with van der Waals surface area (Å²) in [5.74, 6) is 1.63. The molecule has 1 saturated carbocycles. The number of nitrogens with one attached hydrogen (secondary N) is 1. The van der Waals surface area contributed by atoms with E-state index in [9.17, 15) is 4.79 Å². The highest BCUT2D eigenvalue weighted by Crippen LogP contribution is 2.32. The van der Waals surface area contributed by atoms with Crippen LogP contribution in [0.15, 0.2) is 36.4 Å². The zero-order valence-corrected chi connectivity index (χ0v) is 16.1. The monoisotopic (exact) mass is 374 g/mol. The van der Waals surface area contributed by atoms with Gasteiger partial charge in [-0.3, -0.25) is 4.79 Å². The van der Waals surface area contributed by atoms with E-state index in [-0.39, 0.29) is 12.4 Å². The van der Waals surface area contributed by atoms with E-state index < -0.39 is 0 Å². The van der Waals surface area contributed by atoms with Gasteiger partial charge in [-0.25, -0.2) is 0 Å². The van der Waals surface area contributed by atoms with Crippen LogP contribution in [0.4, 0.5) is 0 Å². The van der Waals surface area contributed by atoms with Crippen LogP contribution in [0.5, 0.6) is 5.75 Å². The van der Waals surface area contributed by atoms with E-state index in [1.807, 2.05) is 6.07 Å². The number of carbonyl (C=O) groups is 1. The number of fused-ring (bicyclic) bond motifs is 1. The van der Waals surface area contributed by atoms with Crippen molar-refractivity contribution >= 4 is 29.1 Å². The summed E-state index contributed by atoms with van der Waals surface area (Å²) in [6.45, 7) is 2.69. The number of likely N-dealkylation sites (tertiary alicyclic amines) is 1. The van der Waals surface area contributed by atoms with Crippen LogP contribution < -0.4 is 10.1 Å². The van der Waals surface area contributed by atoms with Crippen LogP contribution in [0, 0.1) is 5.92 Å². The minimum Gasteiger partial charge on any atom is -0.497 e. The number of amides is 1. The lowest BCUT2D eigenvalue weighted by atomic mass is 10.0. The zero-order valence-electron chi connectivity index (χ0n) is 15.2. The highest BCUT2D eigenvalue weighted by atomic mass is 35.5. The molecule has 1 N–H and O–H groups in total. The Kier molecular flexibility index (Phi) is 6.05. The summed E-state index contributed by atoms with van der Waals surface area (Å²) >= 11 is 0. The van der Waals surface area contributed by atoms with Crippen molar-refractivity contribution in [2.75, 3.05) is 20.2 Å². The summed E-state index contributed by atoms with van der Waals surface area (Å²) in [6.07, 6.45) is 4.32. The van der Waals surface area contributed by atoms with Crippen LogP contribution >= 0.6 is 12.4 Å². The van der Waals surface area contributed by atoms with Crippen LogP contribution in [0.3, 0.4) is 0 Å². The standard InChI is InChI=1S/C21H26N2O2.ClH/c1-25-20-7-6-17-12-15(2-3-18(17)13-20)14-22-19-8-10-23(11-9-19)21(24)16-4-5-16;/h2-3,6-7,12-13,16,19,22H,4-5,8-11,14H2,1H3;1H. The molecule has 0 bridgehead atoms. The lowest BCUT2D eigenvalue weighted by Gasteiger charge is -2.32. The molecule has 4 nitrogen and oxygen atoms in total. The molecule has 0 atom stereocenters. The van der Waals surface area contributed by atoms with Crippen molar-refractivity contribution in [2.45, 2.75) is 38.3 Å². The number of methoxy groups -OCH3 is 1. The maximum absolute atomic E-state index is 12.1. The molecule has 0 unspecified atom stereocenters. The van der Waals surface area contributed by atoms with Gasteiger partial charge in [0.1, 0.15) is 5.75 Å². The second-order valence-corrected chi connectivity index (χ2v) is 7.30. The molecule has 2 aromatic rings. The fraction of sp³-hybridized carbons (Fsp3) is 0.476. The fourth-order valence-corrected chi connectivity index (χ4v) is 3.66. The van der Waals surface area contributed by atoms with Crippen LogP contribution in [-0.2, 0) is 11.3 Å². The molecule has 5 heteroatoms. The first-order valence-electron chi connectivity index (χ1n) is 9.32. The zero-order chi connectivity index (χ0) is 17.2. The molecule has 2 aliphatic rings. The van der Waals surface area contributed by atoms with Crippen LogP contribution in [-0.4, -0.2) is 37.0 Å². The fourth-order valence-electron chi connectivity index (χ4n) is 3.66. The van der Waals surface area contributed by atoms with E-state index in [1.54, 1.807) is 7.11 Å². The van der Waals surface area contributed by atoms with E-state index in [2.05, 4.69) is 40.5 Å². The second-order valence-electron chi connectivity index (χ2n) is 7.30.